The third-order valence-electron chi connectivity index (χ3n) is 2.63. The Balaban J connectivity index is 2.77. The summed E-state index contributed by atoms with van der Waals surface area (Å²) < 4.78 is 0. The molecule has 0 amide bonds. The first-order chi connectivity index (χ1) is 8.69. The fourth-order valence-corrected chi connectivity index (χ4v) is 1.43. The minimum absolute atomic E-state index is 0.361. The molecule has 5 N–H and O–H groups in total. The molecule has 0 aliphatic carbocycles. The molecule has 0 atom stereocenters. The van der Waals surface area contributed by atoms with Crippen molar-refractivity contribution in [3.63, 3.8) is 0 Å². The second-order valence-corrected chi connectivity index (χ2v) is 4.24. The smallest absolute Gasteiger partial charge is 0.127 e. The van der Waals surface area contributed by atoms with Gasteiger partial charge in [0.15, 0.2) is 0 Å². The van der Waals surface area contributed by atoms with E-state index in [1.165, 1.54) is 0 Å². The molecule has 6 heteroatoms. The Kier molecular flexibility index (Phi) is 5.84. The van der Waals surface area contributed by atoms with Crippen LogP contribution in [0.1, 0.15) is 13.3 Å². The minimum atomic E-state index is -1.12. The fourth-order valence-electron chi connectivity index (χ4n) is 1.43. The highest BCUT2D eigenvalue weighted by Gasteiger charge is 2.27. The molecular weight excluding hydrogens is 234 g/mol. The van der Waals surface area contributed by atoms with Crippen molar-refractivity contribution in [3.05, 3.63) is 18.3 Å². The normalized spacial score (nSPS) is 11.3. The van der Waals surface area contributed by atoms with Crippen molar-refractivity contribution in [2.45, 2.75) is 18.9 Å². The lowest BCUT2D eigenvalue weighted by molar-refractivity contribution is 0.0834. The second-order valence-electron chi connectivity index (χ2n) is 4.24. The minimum Gasteiger partial charge on any atom is -0.394 e. The van der Waals surface area contributed by atoms with Gasteiger partial charge in [0.2, 0.25) is 0 Å². The zero-order valence-corrected chi connectivity index (χ0v) is 10.6. The summed E-state index contributed by atoms with van der Waals surface area (Å²) in [5.41, 5.74) is -0.440. The first kappa shape index (κ1) is 14.7. The Hall–Kier alpha value is -1.37. The number of nitrogens with one attached hydrogen (secondary N) is 2. The molecule has 1 rings (SSSR count). The van der Waals surface area contributed by atoms with Crippen molar-refractivity contribution in [3.8, 4) is 0 Å². The molecule has 6 nitrogen and oxygen atoms in total. The molecule has 0 aromatic carbocycles. The molecule has 102 valence electrons. The van der Waals surface area contributed by atoms with E-state index in [0.717, 1.165) is 13.0 Å². The largest absolute Gasteiger partial charge is 0.394 e. The summed E-state index contributed by atoms with van der Waals surface area (Å²) in [6.45, 7) is 1.80. The molecular formula is C12H21N3O3. The Bertz CT molecular complexity index is 348. The molecule has 18 heavy (non-hydrogen) atoms. The highest BCUT2D eigenvalue weighted by atomic mass is 16.3. The van der Waals surface area contributed by atoms with Gasteiger partial charge in [-0.05, 0) is 12.5 Å². The molecule has 0 saturated heterocycles. The number of nitrogens with zero attached hydrogens (tertiary/aromatic N) is 1. The lowest BCUT2D eigenvalue weighted by atomic mass is 10.0. The maximum atomic E-state index is 9.23. The van der Waals surface area contributed by atoms with Gasteiger partial charge in [-0.1, -0.05) is 6.92 Å². The number of pyridine rings is 1. The van der Waals surface area contributed by atoms with Gasteiger partial charge in [-0.3, -0.25) is 0 Å². The Morgan fingerprint density at radius 1 is 1.22 bits per heavy atom. The molecule has 0 bridgehead atoms. The van der Waals surface area contributed by atoms with Gasteiger partial charge in [-0.2, -0.15) is 0 Å². The zero-order chi connectivity index (χ0) is 13.4. The number of anilines is 2. The third kappa shape index (κ3) is 3.83. The van der Waals surface area contributed by atoms with Gasteiger partial charge in [0, 0.05) is 24.5 Å². The molecule has 0 unspecified atom stereocenters. The van der Waals surface area contributed by atoms with Gasteiger partial charge in [0.25, 0.3) is 0 Å². The quantitative estimate of drug-likeness (QED) is 0.450. The second kappa shape index (κ2) is 7.15. The highest BCUT2D eigenvalue weighted by Crippen LogP contribution is 2.17. The van der Waals surface area contributed by atoms with Crippen LogP contribution in [0.5, 0.6) is 0 Å². The summed E-state index contributed by atoms with van der Waals surface area (Å²) in [6.07, 6.45) is 2.62. The molecule has 1 aromatic rings. The van der Waals surface area contributed by atoms with Crippen LogP contribution in [0.2, 0.25) is 0 Å². The Labute approximate surface area is 107 Å². The average molecular weight is 255 g/mol. The lowest BCUT2D eigenvalue weighted by Crippen LogP contribution is -2.49. The van der Waals surface area contributed by atoms with Crippen molar-refractivity contribution in [1.82, 2.24) is 4.98 Å². The Morgan fingerprint density at radius 3 is 2.44 bits per heavy atom. The predicted molar refractivity (Wildman–Crippen MR) is 70.6 cm³/mol. The van der Waals surface area contributed by atoms with Crippen LogP contribution < -0.4 is 10.6 Å². The van der Waals surface area contributed by atoms with Gasteiger partial charge < -0.3 is 26.0 Å². The maximum absolute atomic E-state index is 9.23. The number of hydrogen-bond donors (Lipinski definition) is 5. The monoisotopic (exact) mass is 255 g/mol. The van der Waals surface area contributed by atoms with Crippen molar-refractivity contribution < 1.29 is 15.3 Å². The van der Waals surface area contributed by atoms with E-state index < -0.39 is 5.54 Å². The van der Waals surface area contributed by atoms with Gasteiger partial charge >= 0.3 is 0 Å². The number of hydrogen-bond acceptors (Lipinski definition) is 6. The molecule has 0 spiro atoms. The number of aromatic nitrogens is 1. The number of aliphatic hydroxyl groups is 3. The number of aliphatic hydroxyl groups excluding tert-OH is 3. The SMILES string of the molecule is CCCNc1cc(NC(CO)(CO)CO)ccn1. The van der Waals surface area contributed by atoms with E-state index in [2.05, 4.69) is 22.5 Å². The van der Waals surface area contributed by atoms with Crippen LogP contribution in [-0.2, 0) is 0 Å². The molecule has 1 aromatic heterocycles. The highest BCUT2D eigenvalue weighted by molar-refractivity contribution is 5.53. The predicted octanol–water partition coefficient (Wildman–Crippen LogP) is 0.0311. The van der Waals surface area contributed by atoms with E-state index in [-0.39, 0.29) is 19.8 Å². The van der Waals surface area contributed by atoms with E-state index in [1.54, 1.807) is 18.3 Å². The van der Waals surface area contributed by atoms with Gasteiger partial charge in [-0.15, -0.1) is 0 Å². The lowest BCUT2D eigenvalue weighted by Gasteiger charge is -2.29. The molecule has 0 radical (unpaired) electrons. The van der Waals surface area contributed by atoms with E-state index in [9.17, 15) is 15.3 Å². The first-order valence-corrected chi connectivity index (χ1v) is 6.00. The standard InChI is InChI=1S/C12H21N3O3/c1-2-4-13-11-6-10(3-5-14-11)15-12(7-16,8-17)9-18/h3,5-6,16-18H,2,4,7-9H2,1H3,(H2,13,14,15). The van der Waals surface area contributed by atoms with Gasteiger partial charge in [0.05, 0.1) is 19.8 Å². The molecule has 0 aliphatic rings. The van der Waals surface area contributed by atoms with Crippen molar-refractivity contribution >= 4 is 11.5 Å². The zero-order valence-electron chi connectivity index (χ0n) is 10.6. The number of rotatable bonds is 8. The average Bonchev–Trinajstić information content (AvgIpc) is 2.43. The molecule has 0 aliphatic heterocycles. The fraction of sp³-hybridized carbons (Fsp3) is 0.583. The Morgan fingerprint density at radius 2 is 1.89 bits per heavy atom. The summed E-state index contributed by atoms with van der Waals surface area (Å²) >= 11 is 0. The van der Waals surface area contributed by atoms with E-state index in [1.807, 2.05) is 0 Å². The summed E-state index contributed by atoms with van der Waals surface area (Å²) in [4.78, 5) is 4.15. The topological polar surface area (TPSA) is 97.6 Å². The maximum Gasteiger partial charge on any atom is 0.127 e. The molecule has 1 heterocycles. The van der Waals surface area contributed by atoms with Gasteiger partial charge in [-0.25, -0.2) is 4.98 Å². The summed E-state index contributed by atoms with van der Waals surface area (Å²) in [7, 11) is 0. The van der Waals surface area contributed by atoms with E-state index in [0.29, 0.717) is 11.5 Å². The van der Waals surface area contributed by atoms with Gasteiger partial charge in [0.1, 0.15) is 11.4 Å². The van der Waals surface area contributed by atoms with Crippen LogP contribution >= 0.6 is 0 Å². The summed E-state index contributed by atoms with van der Waals surface area (Å²) in [6, 6.07) is 3.48. The van der Waals surface area contributed by atoms with E-state index in [4.69, 9.17) is 0 Å². The van der Waals surface area contributed by atoms with Crippen molar-refractivity contribution in [2.75, 3.05) is 37.0 Å². The van der Waals surface area contributed by atoms with Crippen molar-refractivity contribution in [2.24, 2.45) is 0 Å². The van der Waals surface area contributed by atoms with Crippen LogP contribution in [-0.4, -0.2) is 52.2 Å². The first-order valence-electron chi connectivity index (χ1n) is 6.00. The van der Waals surface area contributed by atoms with Crippen LogP contribution in [0.15, 0.2) is 18.3 Å². The molecule has 0 fully saturated rings. The summed E-state index contributed by atoms with van der Waals surface area (Å²) in [5, 5.41) is 33.8. The van der Waals surface area contributed by atoms with Crippen LogP contribution in [0.25, 0.3) is 0 Å². The summed E-state index contributed by atoms with van der Waals surface area (Å²) in [5.74, 6) is 0.713. The van der Waals surface area contributed by atoms with Crippen LogP contribution in [0, 0.1) is 0 Å². The van der Waals surface area contributed by atoms with E-state index >= 15 is 0 Å². The van der Waals surface area contributed by atoms with Crippen LogP contribution in [0.4, 0.5) is 11.5 Å². The molecule has 0 saturated carbocycles. The third-order valence-corrected chi connectivity index (χ3v) is 2.63. The van der Waals surface area contributed by atoms with Crippen molar-refractivity contribution in [1.29, 1.82) is 0 Å². The van der Waals surface area contributed by atoms with Crippen LogP contribution in [0.3, 0.4) is 0 Å².